The third kappa shape index (κ3) is 5.89. The van der Waals surface area contributed by atoms with Gasteiger partial charge in [-0.3, -0.25) is 14.5 Å². The molecule has 2 aromatic carbocycles. The number of anilines is 1. The predicted molar refractivity (Wildman–Crippen MR) is 166 cm³/mol. The van der Waals surface area contributed by atoms with Gasteiger partial charge in [0.1, 0.15) is 17.1 Å². The minimum absolute atomic E-state index is 0.0293. The number of thiazole rings is 1. The Morgan fingerprint density at radius 3 is 2.70 bits per heavy atom. The van der Waals surface area contributed by atoms with Crippen LogP contribution in [0.25, 0.3) is 11.0 Å². The molecule has 0 aliphatic carbocycles. The van der Waals surface area contributed by atoms with Gasteiger partial charge >= 0.3 is 5.97 Å². The van der Waals surface area contributed by atoms with Crippen molar-refractivity contribution in [2.24, 2.45) is 5.92 Å². The molecule has 9 nitrogen and oxygen atoms in total. The van der Waals surface area contributed by atoms with Crippen LogP contribution < -0.4 is 19.8 Å². The summed E-state index contributed by atoms with van der Waals surface area (Å²) >= 11 is 7.22. The van der Waals surface area contributed by atoms with E-state index in [-0.39, 0.29) is 38.9 Å². The molecule has 2 aromatic heterocycles. The van der Waals surface area contributed by atoms with Gasteiger partial charge in [0.15, 0.2) is 22.1 Å². The second-order valence-electron chi connectivity index (χ2n) is 10.4. The van der Waals surface area contributed by atoms with Crippen LogP contribution in [0.5, 0.6) is 11.5 Å². The molecule has 1 atom stereocenters. The van der Waals surface area contributed by atoms with Crippen molar-refractivity contribution in [2.45, 2.75) is 40.2 Å². The fraction of sp³-hybridized carbons (Fsp3) is 0.312. The Morgan fingerprint density at radius 1 is 1.19 bits per heavy atom. The number of fused-ring (bicyclic) bond motifs is 2. The standard InChI is InChI=1S/C32H31ClN2O7S/c1-6-13-41-31(38)29-18(5)34-32(43-29)35-26(19-8-10-23(24(15-19)39-7-2)40-14-12-17(3)4)25-27(36)21-16-20(33)9-11-22(21)42-28(25)30(35)37/h6,8-11,15-17,26H,1,7,12-14H2,2-5H3. The van der Waals surface area contributed by atoms with Crippen LogP contribution in [0.4, 0.5) is 5.13 Å². The summed E-state index contributed by atoms with van der Waals surface area (Å²) in [5, 5.41) is 0.812. The number of nitrogens with zero attached hydrogens (tertiary/aromatic N) is 2. The molecule has 1 unspecified atom stereocenters. The molecule has 1 aliphatic rings. The summed E-state index contributed by atoms with van der Waals surface area (Å²) < 4.78 is 23.2. The van der Waals surface area contributed by atoms with Crippen molar-refractivity contribution in [3.63, 3.8) is 0 Å². The monoisotopic (exact) mass is 622 g/mol. The van der Waals surface area contributed by atoms with E-state index in [9.17, 15) is 14.4 Å². The summed E-state index contributed by atoms with van der Waals surface area (Å²) in [7, 11) is 0. The number of aromatic nitrogens is 1. The number of benzene rings is 2. The molecule has 0 spiro atoms. The molecule has 1 aliphatic heterocycles. The second kappa shape index (κ2) is 12.6. The number of hydrogen-bond donors (Lipinski definition) is 0. The van der Waals surface area contributed by atoms with Crippen molar-refractivity contribution in [3.05, 3.63) is 91.8 Å². The molecule has 4 aromatic rings. The molecule has 1 amide bonds. The number of carbonyl (C=O) groups excluding carboxylic acids is 2. The van der Waals surface area contributed by atoms with Gasteiger partial charge in [0, 0.05) is 5.02 Å². The number of halogens is 1. The van der Waals surface area contributed by atoms with Crippen molar-refractivity contribution >= 4 is 50.9 Å². The minimum Gasteiger partial charge on any atom is -0.490 e. The number of rotatable bonds is 11. The van der Waals surface area contributed by atoms with Gasteiger partial charge in [-0.1, -0.05) is 55.5 Å². The van der Waals surface area contributed by atoms with E-state index >= 15 is 0 Å². The van der Waals surface area contributed by atoms with Crippen LogP contribution in [0.1, 0.15) is 70.3 Å². The average molecular weight is 623 g/mol. The molecule has 0 radical (unpaired) electrons. The highest BCUT2D eigenvalue weighted by Gasteiger charge is 2.45. The van der Waals surface area contributed by atoms with E-state index in [0.717, 1.165) is 17.8 Å². The molecular formula is C32H31ClN2O7S. The maximum atomic E-state index is 14.0. The summed E-state index contributed by atoms with van der Waals surface area (Å²) in [5.74, 6) is 0.233. The minimum atomic E-state index is -0.936. The first kappa shape index (κ1) is 30.3. The normalized spacial score (nSPS) is 14.3. The van der Waals surface area contributed by atoms with Crippen LogP contribution in [0, 0.1) is 12.8 Å². The van der Waals surface area contributed by atoms with Crippen LogP contribution in [0.3, 0.4) is 0 Å². The first-order valence-corrected chi connectivity index (χ1v) is 15.1. The second-order valence-corrected chi connectivity index (χ2v) is 11.8. The Hall–Kier alpha value is -4.15. The molecule has 0 fully saturated rings. The zero-order chi connectivity index (χ0) is 30.8. The molecule has 224 valence electrons. The Morgan fingerprint density at radius 2 is 1.98 bits per heavy atom. The highest BCUT2D eigenvalue weighted by Crippen LogP contribution is 2.45. The third-order valence-electron chi connectivity index (χ3n) is 6.88. The third-order valence-corrected chi connectivity index (χ3v) is 8.25. The number of ether oxygens (including phenoxy) is 3. The highest BCUT2D eigenvalue weighted by molar-refractivity contribution is 7.17. The number of aryl methyl sites for hydroxylation is 1. The quantitative estimate of drug-likeness (QED) is 0.128. The van der Waals surface area contributed by atoms with Gasteiger partial charge in [0.05, 0.1) is 35.9 Å². The maximum Gasteiger partial charge on any atom is 0.350 e. The SMILES string of the molecule is C=CCOC(=O)c1sc(N2C(=O)c3oc4ccc(Cl)cc4c(=O)c3C2c2ccc(OCCC(C)C)c(OCC)c2)nc1C. The topological polar surface area (TPSA) is 108 Å². The van der Waals surface area contributed by atoms with E-state index in [0.29, 0.717) is 46.9 Å². The van der Waals surface area contributed by atoms with E-state index in [2.05, 4.69) is 25.4 Å². The lowest BCUT2D eigenvalue weighted by molar-refractivity contribution is 0.0554. The van der Waals surface area contributed by atoms with E-state index in [1.807, 2.05) is 6.92 Å². The van der Waals surface area contributed by atoms with Crippen molar-refractivity contribution in [1.82, 2.24) is 4.98 Å². The van der Waals surface area contributed by atoms with Crippen LogP contribution in [-0.2, 0) is 4.74 Å². The summed E-state index contributed by atoms with van der Waals surface area (Å²) in [6.07, 6.45) is 2.33. The van der Waals surface area contributed by atoms with Crippen molar-refractivity contribution in [3.8, 4) is 11.5 Å². The molecule has 3 heterocycles. The zero-order valence-corrected chi connectivity index (χ0v) is 25.8. The molecule has 5 rings (SSSR count). The van der Waals surface area contributed by atoms with Crippen molar-refractivity contribution in [1.29, 1.82) is 0 Å². The lowest BCUT2D eigenvalue weighted by atomic mass is 9.98. The van der Waals surface area contributed by atoms with Crippen LogP contribution in [0.15, 0.2) is 58.3 Å². The van der Waals surface area contributed by atoms with Gasteiger partial charge in [-0.25, -0.2) is 9.78 Å². The summed E-state index contributed by atoms with van der Waals surface area (Å²) in [5.41, 5.74) is 0.934. The largest absolute Gasteiger partial charge is 0.490 e. The molecule has 0 saturated carbocycles. The highest BCUT2D eigenvalue weighted by atomic mass is 35.5. The van der Waals surface area contributed by atoms with Crippen molar-refractivity contribution < 1.29 is 28.2 Å². The van der Waals surface area contributed by atoms with Gasteiger partial charge in [0.2, 0.25) is 5.76 Å². The maximum absolute atomic E-state index is 14.0. The molecule has 11 heteroatoms. The van der Waals surface area contributed by atoms with E-state index in [1.165, 1.54) is 17.0 Å². The fourth-order valence-corrected chi connectivity index (χ4v) is 5.98. The zero-order valence-electron chi connectivity index (χ0n) is 24.3. The van der Waals surface area contributed by atoms with E-state index in [1.54, 1.807) is 37.3 Å². The fourth-order valence-electron chi connectivity index (χ4n) is 4.82. The number of hydrogen-bond acceptors (Lipinski definition) is 9. The summed E-state index contributed by atoms with van der Waals surface area (Å²) in [6.45, 7) is 12.2. The van der Waals surface area contributed by atoms with Crippen LogP contribution in [-0.4, -0.2) is 36.7 Å². The number of esters is 1. The van der Waals surface area contributed by atoms with E-state index in [4.69, 9.17) is 30.2 Å². The van der Waals surface area contributed by atoms with Gasteiger partial charge in [-0.15, -0.1) is 0 Å². The lowest BCUT2D eigenvalue weighted by Gasteiger charge is -2.23. The first-order chi connectivity index (χ1) is 20.6. The van der Waals surface area contributed by atoms with Crippen LogP contribution >= 0.6 is 22.9 Å². The van der Waals surface area contributed by atoms with Crippen LogP contribution in [0.2, 0.25) is 5.02 Å². The Kier molecular flexibility index (Phi) is 8.89. The van der Waals surface area contributed by atoms with Gasteiger partial charge in [0.25, 0.3) is 5.91 Å². The predicted octanol–water partition coefficient (Wildman–Crippen LogP) is 7.13. The van der Waals surface area contributed by atoms with E-state index < -0.39 is 23.3 Å². The molecule has 0 saturated heterocycles. The van der Waals surface area contributed by atoms with Gasteiger partial charge < -0.3 is 18.6 Å². The smallest absolute Gasteiger partial charge is 0.350 e. The Balaban J connectivity index is 1.68. The van der Waals surface area contributed by atoms with Gasteiger partial charge in [-0.2, -0.15) is 0 Å². The summed E-state index contributed by atoms with van der Waals surface area (Å²) in [6, 6.07) is 9.05. The van der Waals surface area contributed by atoms with Crippen molar-refractivity contribution in [2.75, 3.05) is 24.7 Å². The van der Waals surface area contributed by atoms with Gasteiger partial charge in [-0.05, 0) is 62.1 Å². The first-order valence-electron chi connectivity index (χ1n) is 13.9. The molecular weight excluding hydrogens is 592 g/mol. The molecule has 0 bridgehead atoms. The number of amides is 1. The Labute approximate surface area is 257 Å². The molecule has 43 heavy (non-hydrogen) atoms. The molecule has 0 N–H and O–H groups in total. The number of carbonyl (C=O) groups is 2. The lowest BCUT2D eigenvalue weighted by Crippen LogP contribution is -2.29. The Bertz CT molecular complexity index is 1780. The average Bonchev–Trinajstić information content (AvgIpc) is 3.50. The summed E-state index contributed by atoms with van der Waals surface area (Å²) in [4.78, 5) is 46.9.